The van der Waals surface area contributed by atoms with E-state index in [4.69, 9.17) is 9.47 Å². The van der Waals surface area contributed by atoms with Gasteiger partial charge in [-0.05, 0) is 62.8 Å². The lowest BCUT2D eigenvalue weighted by atomic mass is 10.0. The standard InChI is InChI=1S/C35H48N4O5/c1-24-21-39(25(2)23-40)34(41)30-20-28(37(4)5)17-18-32(30)44-26(3)12-9-10-19-43-33(24)22-38(6)35(42)36-31-16-11-14-27-13-7-8-15-29(27)31/h7-8,11,13-18,20,24-26,33,40H,9-10,12,19,21-23H2,1-6H3,(H,36,42)/t24-,25-,26+,33+/m1/s1. The molecule has 0 aliphatic carbocycles. The van der Waals surface area contributed by atoms with Crippen LogP contribution in [0.1, 0.15) is 50.4 Å². The van der Waals surface area contributed by atoms with Gasteiger partial charge >= 0.3 is 6.03 Å². The number of aliphatic hydroxyl groups is 1. The van der Waals surface area contributed by atoms with E-state index in [9.17, 15) is 14.7 Å². The topological polar surface area (TPSA) is 94.6 Å². The maximum Gasteiger partial charge on any atom is 0.321 e. The van der Waals surface area contributed by atoms with Crippen LogP contribution in [0.25, 0.3) is 10.8 Å². The summed E-state index contributed by atoms with van der Waals surface area (Å²) in [7, 11) is 5.63. The molecular formula is C35H48N4O5. The zero-order chi connectivity index (χ0) is 31.8. The highest BCUT2D eigenvalue weighted by Crippen LogP contribution is 2.29. The molecule has 0 aromatic heterocycles. The molecule has 0 spiro atoms. The molecule has 4 atom stereocenters. The molecule has 1 aliphatic rings. The van der Waals surface area contributed by atoms with E-state index < -0.39 is 6.04 Å². The molecule has 4 rings (SSSR count). The molecule has 2 N–H and O–H groups in total. The molecule has 0 saturated heterocycles. The quantitative estimate of drug-likeness (QED) is 0.366. The molecule has 0 radical (unpaired) electrons. The van der Waals surface area contributed by atoms with E-state index in [-0.39, 0.29) is 36.7 Å². The first-order chi connectivity index (χ1) is 21.1. The highest BCUT2D eigenvalue weighted by Gasteiger charge is 2.31. The van der Waals surface area contributed by atoms with E-state index in [2.05, 4.69) is 5.32 Å². The smallest absolute Gasteiger partial charge is 0.321 e. The molecule has 0 bridgehead atoms. The highest BCUT2D eigenvalue weighted by atomic mass is 16.5. The Labute approximate surface area is 261 Å². The summed E-state index contributed by atoms with van der Waals surface area (Å²) in [5, 5.41) is 15.3. The Morgan fingerprint density at radius 2 is 1.82 bits per heavy atom. The predicted octanol–water partition coefficient (Wildman–Crippen LogP) is 5.87. The molecule has 9 heteroatoms. The van der Waals surface area contributed by atoms with Gasteiger partial charge in [-0.25, -0.2) is 4.79 Å². The fourth-order valence-electron chi connectivity index (χ4n) is 5.55. The summed E-state index contributed by atoms with van der Waals surface area (Å²) in [6.45, 7) is 6.92. The number of nitrogens with one attached hydrogen (secondary N) is 1. The molecule has 3 amide bonds. The number of likely N-dealkylation sites (N-methyl/N-ethyl adjacent to an activating group) is 1. The minimum atomic E-state index is -0.431. The van der Waals surface area contributed by atoms with Gasteiger partial charge in [0.25, 0.3) is 5.91 Å². The van der Waals surface area contributed by atoms with Crippen molar-refractivity contribution in [2.24, 2.45) is 5.92 Å². The van der Waals surface area contributed by atoms with Gasteiger partial charge in [-0.1, -0.05) is 43.3 Å². The number of hydrogen-bond donors (Lipinski definition) is 2. The van der Waals surface area contributed by atoms with E-state index in [1.807, 2.05) is 100 Å². The number of rotatable bonds is 6. The average Bonchev–Trinajstić information content (AvgIpc) is 3.01. The van der Waals surface area contributed by atoms with Crippen LogP contribution in [0.15, 0.2) is 60.7 Å². The third-order valence-corrected chi connectivity index (χ3v) is 8.38. The predicted molar refractivity (Wildman–Crippen MR) is 177 cm³/mol. The molecule has 44 heavy (non-hydrogen) atoms. The van der Waals surface area contributed by atoms with Gasteiger partial charge < -0.3 is 34.6 Å². The lowest BCUT2D eigenvalue weighted by molar-refractivity contribution is -0.0115. The van der Waals surface area contributed by atoms with Crippen LogP contribution in [-0.4, -0.2) is 92.5 Å². The molecule has 0 fully saturated rings. The molecule has 3 aromatic rings. The molecule has 1 aliphatic heterocycles. The maximum atomic E-state index is 14.2. The largest absolute Gasteiger partial charge is 0.490 e. The van der Waals surface area contributed by atoms with Crippen molar-refractivity contribution in [2.75, 3.05) is 57.7 Å². The Balaban J connectivity index is 1.58. The van der Waals surface area contributed by atoms with Crippen molar-refractivity contribution in [3.63, 3.8) is 0 Å². The van der Waals surface area contributed by atoms with Crippen molar-refractivity contribution in [1.29, 1.82) is 0 Å². The first kappa shape index (κ1) is 33.1. The molecule has 1 heterocycles. The lowest BCUT2D eigenvalue weighted by Gasteiger charge is -2.36. The second-order valence-electron chi connectivity index (χ2n) is 12.2. The molecule has 238 valence electrons. The van der Waals surface area contributed by atoms with E-state index in [1.165, 1.54) is 0 Å². The van der Waals surface area contributed by atoms with Gasteiger partial charge in [-0.2, -0.15) is 0 Å². The number of benzene rings is 3. The second kappa shape index (κ2) is 15.3. The van der Waals surface area contributed by atoms with Crippen LogP contribution < -0.4 is 15.0 Å². The lowest BCUT2D eigenvalue weighted by Crippen LogP contribution is -2.48. The Morgan fingerprint density at radius 1 is 1.07 bits per heavy atom. The minimum absolute atomic E-state index is 0.0861. The van der Waals surface area contributed by atoms with Crippen LogP contribution in [-0.2, 0) is 4.74 Å². The van der Waals surface area contributed by atoms with Gasteiger partial charge in [0.2, 0.25) is 0 Å². The number of carbonyl (C=O) groups excluding carboxylic acids is 2. The highest BCUT2D eigenvalue weighted by molar-refractivity contribution is 6.01. The normalized spacial score (nSPS) is 20.7. The van der Waals surface area contributed by atoms with Crippen molar-refractivity contribution < 1.29 is 24.2 Å². The van der Waals surface area contributed by atoms with Crippen LogP contribution in [0.2, 0.25) is 0 Å². The van der Waals surface area contributed by atoms with Gasteiger partial charge in [0.05, 0.1) is 36.1 Å². The number of hydrogen-bond acceptors (Lipinski definition) is 6. The van der Waals surface area contributed by atoms with Crippen LogP contribution in [0.4, 0.5) is 16.2 Å². The van der Waals surface area contributed by atoms with Gasteiger partial charge in [0.15, 0.2) is 0 Å². The second-order valence-corrected chi connectivity index (χ2v) is 12.2. The van der Waals surface area contributed by atoms with Crippen LogP contribution >= 0.6 is 0 Å². The Morgan fingerprint density at radius 3 is 2.57 bits per heavy atom. The Hall–Kier alpha value is -3.82. The maximum absolute atomic E-state index is 14.2. The van der Waals surface area contributed by atoms with Crippen LogP contribution in [0.5, 0.6) is 5.75 Å². The average molecular weight is 605 g/mol. The van der Waals surface area contributed by atoms with Crippen molar-refractivity contribution >= 4 is 34.1 Å². The number of fused-ring (bicyclic) bond motifs is 2. The summed E-state index contributed by atoms with van der Waals surface area (Å²) >= 11 is 0. The molecule has 3 aromatic carbocycles. The van der Waals surface area contributed by atoms with E-state index in [0.717, 1.165) is 41.4 Å². The van der Waals surface area contributed by atoms with Crippen molar-refractivity contribution in [2.45, 2.75) is 58.3 Å². The number of urea groups is 1. The summed E-state index contributed by atoms with van der Waals surface area (Å²) in [4.78, 5) is 32.9. The minimum Gasteiger partial charge on any atom is -0.490 e. The fourth-order valence-corrected chi connectivity index (χ4v) is 5.55. The van der Waals surface area contributed by atoms with Gasteiger partial charge in [-0.3, -0.25) is 4.79 Å². The van der Waals surface area contributed by atoms with E-state index >= 15 is 0 Å². The number of ether oxygens (including phenoxy) is 2. The summed E-state index contributed by atoms with van der Waals surface area (Å²) in [6, 6.07) is 18.8. The zero-order valence-corrected chi connectivity index (χ0v) is 27.0. The monoisotopic (exact) mass is 604 g/mol. The number of anilines is 2. The number of nitrogens with zero attached hydrogens (tertiary/aromatic N) is 3. The molecule has 9 nitrogen and oxygen atoms in total. The Kier molecular flexibility index (Phi) is 11.5. The van der Waals surface area contributed by atoms with Gasteiger partial charge in [0, 0.05) is 57.8 Å². The van der Waals surface area contributed by atoms with Crippen LogP contribution in [0.3, 0.4) is 0 Å². The first-order valence-electron chi connectivity index (χ1n) is 15.6. The van der Waals surface area contributed by atoms with Crippen molar-refractivity contribution in [3.8, 4) is 5.75 Å². The third kappa shape index (κ3) is 8.21. The number of amides is 3. The van der Waals surface area contributed by atoms with Crippen LogP contribution in [0, 0.1) is 5.92 Å². The molecule has 0 unspecified atom stereocenters. The fraction of sp³-hybridized carbons (Fsp3) is 0.486. The summed E-state index contributed by atoms with van der Waals surface area (Å²) < 4.78 is 12.7. The summed E-state index contributed by atoms with van der Waals surface area (Å²) in [5.41, 5.74) is 2.11. The van der Waals surface area contributed by atoms with Crippen molar-refractivity contribution in [1.82, 2.24) is 9.80 Å². The molecule has 0 saturated carbocycles. The Bertz CT molecular complexity index is 1410. The van der Waals surface area contributed by atoms with Crippen molar-refractivity contribution in [3.05, 3.63) is 66.2 Å². The van der Waals surface area contributed by atoms with Gasteiger partial charge in [-0.15, -0.1) is 0 Å². The molecular weight excluding hydrogens is 556 g/mol. The number of aliphatic hydroxyl groups excluding tert-OH is 1. The zero-order valence-electron chi connectivity index (χ0n) is 27.0. The SMILES string of the molecule is C[C@@H]1CN([C@H](C)CO)C(=O)c2cc(N(C)C)ccc2O[C@@H](C)CCCCO[C@H]1CN(C)C(=O)Nc1cccc2ccccc12. The summed E-state index contributed by atoms with van der Waals surface area (Å²) in [5.74, 6) is 0.205. The first-order valence-corrected chi connectivity index (χ1v) is 15.6. The van der Waals surface area contributed by atoms with Gasteiger partial charge in [0.1, 0.15) is 5.75 Å². The number of carbonyl (C=O) groups is 2. The summed E-state index contributed by atoms with van der Waals surface area (Å²) in [6.07, 6.45) is 2.16. The van der Waals surface area contributed by atoms with E-state index in [1.54, 1.807) is 16.8 Å². The van der Waals surface area contributed by atoms with E-state index in [0.29, 0.717) is 31.0 Å². The third-order valence-electron chi connectivity index (χ3n) is 8.38.